The Hall–Kier alpha value is -3.39. The van der Waals surface area contributed by atoms with Crippen LogP contribution in [-0.4, -0.2) is 30.1 Å². The van der Waals surface area contributed by atoms with Crippen molar-refractivity contribution in [2.45, 2.75) is 20.3 Å². The number of nitrogens with zero attached hydrogens (tertiary/aromatic N) is 2. The molecular formula is C24H25BrN4O3. The number of anilines is 3. The molecule has 0 unspecified atom stereocenters. The van der Waals surface area contributed by atoms with Crippen molar-refractivity contribution in [3.05, 3.63) is 70.1 Å². The largest absolute Gasteiger partial charge is 0.493 e. The maximum atomic E-state index is 12.6. The number of halogens is 1. The highest BCUT2D eigenvalue weighted by atomic mass is 79.9. The molecule has 7 nitrogen and oxygen atoms in total. The molecule has 1 amide bonds. The summed E-state index contributed by atoms with van der Waals surface area (Å²) in [5.41, 5.74) is 4.27. The number of carbonyl (C=O) groups is 1. The fourth-order valence-electron chi connectivity index (χ4n) is 3.13. The maximum absolute atomic E-state index is 12.6. The van der Waals surface area contributed by atoms with Gasteiger partial charge in [-0.1, -0.05) is 13.0 Å². The van der Waals surface area contributed by atoms with Crippen LogP contribution in [0, 0.1) is 6.92 Å². The number of benzene rings is 2. The molecule has 0 atom stereocenters. The molecule has 0 saturated heterocycles. The lowest BCUT2D eigenvalue weighted by molar-refractivity contribution is -0.111. The number of methoxy groups -OCH3 is 2. The lowest BCUT2D eigenvalue weighted by atomic mass is 10.1. The minimum atomic E-state index is -0.236. The minimum Gasteiger partial charge on any atom is -0.493 e. The number of ether oxygens (including phenoxy) is 2. The van der Waals surface area contributed by atoms with Crippen molar-refractivity contribution >= 4 is 45.1 Å². The van der Waals surface area contributed by atoms with E-state index in [9.17, 15) is 4.79 Å². The van der Waals surface area contributed by atoms with Crippen LogP contribution in [0.2, 0.25) is 0 Å². The zero-order valence-corrected chi connectivity index (χ0v) is 20.0. The third kappa shape index (κ3) is 5.85. The predicted octanol–water partition coefficient (Wildman–Crippen LogP) is 5.52. The van der Waals surface area contributed by atoms with E-state index in [1.165, 1.54) is 12.4 Å². The SMILES string of the molecule is CCc1ccc(Nc2cc(C)ncn2)cc1NC(=O)/C=C/c1cc(Br)c(OC)c(OC)c1. The summed E-state index contributed by atoms with van der Waals surface area (Å²) in [5, 5.41) is 6.21. The van der Waals surface area contributed by atoms with Gasteiger partial charge in [0.2, 0.25) is 5.91 Å². The molecule has 0 aliphatic rings. The van der Waals surface area contributed by atoms with Gasteiger partial charge in [0.15, 0.2) is 11.5 Å². The number of nitrogens with one attached hydrogen (secondary N) is 2. The first-order chi connectivity index (χ1) is 15.4. The van der Waals surface area contributed by atoms with Crippen LogP contribution < -0.4 is 20.1 Å². The van der Waals surface area contributed by atoms with E-state index in [2.05, 4.69) is 36.5 Å². The van der Waals surface area contributed by atoms with E-state index < -0.39 is 0 Å². The van der Waals surface area contributed by atoms with Gasteiger partial charge in [-0.15, -0.1) is 0 Å². The molecule has 8 heteroatoms. The van der Waals surface area contributed by atoms with Crippen LogP contribution >= 0.6 is 15.9 Å². The summed E-state index contributed by atoms with van der Waals surface area (Å²) in [7, 11) is 3.15. The molecule has 3 rings (SSSR count). The van der Waals surface area contributed by atoms with Crippen LogP contribution in [0.1, 0.15) is 23.7 Å². The molecule has 0 spiro atoms. The van der Waals surface area contributed by atoms with Crippen molar-refractivity contribution in [3.63, 3.8) is 0 Å². The molecule has 1 heterocycles. The van der Waals surface area contributed by atoms with Gasteiger partial charge in [0.1, 0.15) is 12.1 Å². The molecule has 0 bridgehead atoms. The topological polar surface area (TPSA) is 85.4 Å². The van der Waals surface area contributed by atoms with E-state index in [0.717, 1.165) is 39.1 Å². The minimum absolute atomic E-state index is 0.236. The van der Waals surface area contributed by atoms with E-state index in [1.807, 2.05) is 44.2 Å². The van der Waals surface area contributed by atoms with E-state index in [1.54, 1.807) is 26.4 Å². The van der Waals surface area contributed by atoms with Crippen molar-refractivity contribution in [3.8, 4) is 11.5 Å². The molecule has 0 radical (unpaired) electrons. The zero-order valence-electron chi connectivity index (χ0n) is 18.4. The Bertz CT molecular complexity index is 1150. The molecule has 1 aromatic heterocycles. The number of amides is 1. The molecule has 166 valence electrons. The Morgan fingerprint density at radius 2 is 1.94 bits per heavy atom. The third-order valence-electron chi connectivity index (χ3n) is 4.71. The first-order valence-electron chi connectivity index (χ1n) is 10.0. The van der Waals surface area contributed by atoms with E-state index in [-0.39, 0.29) is 5.91 Å². The average molecular weight is 497 g/mol. The molecule has 0 saturated carbocycles. The van der Waals surface area contributed by atoms with Gasteiger partial charge in [0.05, 0.1) is 18.7 Å². The predicted molar refractivity (Wildman–Crippen MR) is 131 cm³/mol. The Balaban J connectivity index is 1.77. The Morgan fingerprint density at radius 3 is 2.62 bits per heavy atom. The van der Waals surface area contributed by atoms with Gasteiger partial charge in [0.25, 0.3) is 0 Å². The molecule has 0 aliphatic heterocycles. The summed E-state index contributed by atoms with van der Waals surface area (Å²) < 4.78 is 11.4. The summed E-state index contributed by atoms with van der Waals surface area (Å²) in [6.07, 6.45) is 5.51. The van der Waals surface area contributed by atoms with Gasteiger partial charge in [-0.25, -0.2) is 9.97 Å². The van der Waals surface area contributed by atoms with Gasteiger partial charge in [-0.2, -0.15) is 0 Å². The highest BCUT2D eigenvalue weighted by Crippen LogP contribution is 2.36. The van der Waals surface area contributed by atoms with E-state index in [0.29, 0.717) is 17.3 Å². The number of rotatable bonds is 8. The van der Waals surface area contributed by atoms with Gasteiger partial charge in [0, 0.05) is 29.2 Å². The van der Waals surface area contributed by atoms with Gasteiger partial charge >= 0.3 is 0 Å². The summed E-state index contributed by atoms with van der Waals surface area (Å²) in [6, 6.07) is 11.4. The van der Waals surface area contributed by atoms with Crippen LogP contribution in [0.5, 0.6) is 11.5 Å². The Morgan fingerprint density at radius 1 is 1.12 bits per heavy atom. The van der Waals surface area contributed by atoms with Gasteiger partial charge in [-0.05, 0) is 70.7 Å². The first-order valence-corrected chi connectivity index (χ1v) is 10.8. The van der Waals surface area contributed by atoms with Crippen LogP contribution in [0.15, 0.2) is 53.3 Å². The molecule has 2 aromatic carbocycles. The van der Waals surface area contributed by atoms with Crippen LogP contribution in [-0.2, 0) is 11.2 Å². The van der Waals surface area contributed by atoms with Crippen molar-refractivity contribution in [1.29, 1.82) is 0 Å². The second-order valence-electron chi connectivity index (χ2n) is 6.96. The number of hydrogen-bond acceptors (Lipinski definition) is 6. The second-order valence-corrected chi connectivity index (χ2v) is 7.81. The van der Waals surface area contributed by atoms with Crippen molar-refractivity contribution in [2.75, 3.05) is 24.9 Å². The monoisotopic (exact) mass is 496 g/mol. The molecule has 0 aliphatic carbocycles. The standard InChI is InChI=1S/C24H25BrN4O3/c1-5-17-7-8-18(28-22-10-15(2)26-14-27-22)13-20(17)29-23(30)9-6-16-11-19(25)24(32-4)21(12-16)31-3/h6-14H,5H2,1-4H3,(H,29,30)(H,26,27,28)/b9-6+. The molecule has 0 fully saturated rings. The Kier molecular flexibility index (Phi) is 7.83. The molecule has 3 aromatic rings. The Labute approximate surface area is 196 Å². The lowest BCUT2D eigenvalue weighted by Crippen LogP contribution is -2.10. The number of aryl methyl sites for hydroxylation is 2. The van der Waals surface area contributed by atoms with Crippen molar-refractivity contribution < 1.29 is 14.3 Å². The highest BCUT2D eigenvalue weighted by molar-refractivity contribution is 9.10. The highest BCUT2D eigenvalue weighted by Gasteiger charge is 2.10. The first kappa shape index (κ1) is 23.3. The lowest BCUT2D eigenvalue weighted by Gasteiger charge is -2.12. The quantitative estimate of drug-likeness (QED) is 0.399. The smallest absolute Gasteiger partial charge is 0.248 e. The van der Waals surface area contributed by atoms with Crippen LogP contribution in [0.25, 0.3) is 6.08 Å². The van der Waals surface area contributed by atoms with E-state index in [4.69, 9.17) is 9.47 Å². The normalized spacial score (nSPS) is 10.8. The summed E-state index contributed by atoms with van der Waals surface area (Å²) in [6.45, 7) is 3.95. The van der Waals surface area contributed by atoms with E-state index >= 15 is 0 Å². The summed E-state index contributed by atoms with van der Waals surface area (Å²) in [4.78, 5) is 20.9. The second kappa shape index (κ2) is 10.8. The molecule has 2 N–H and O–H groups in total. The summed E-state index contributed by atoms with van der Waals surface area (Å²) >= 11 is 3.46. The summed E-state index contributed by atoms with van der Waals surface area (Å²) in [5.74, 6) is 1.64. The number of carbonyl (C=O) groups excluding carboxylic acids is 1. The third-order valence-corrected chi connectivity index (χ3v) is 5.30. The van der Waals surface area contributed by atoms with Gasteiger partial charge < -0.3 is 20.1 Å². The average Bonchev–Trinajstić information content (AvgIpc) is 2.77. The van der Waals surface area contributed by atoms with Gasteiger partial charge in [-0.3, -0.25) is 4.79 Å². The fraction of sp³-hybridized carbons (Fsp3) is 0.208. The zero-order chi connectivity index (χ0) is 23.1. The molecular weight excluding hydrogens is 472 g/mol. The number of hydrogen-bond donors (Lipinski definition) is 2. The molecule has 32 heavy (non-hydrogen) atoms. The van der Waals surface area contributed by atoms with Crippen molar-refractivity contribution in [2.24, 2.45) is 0 Å². The maximum Gasteiger partial charge on any atom is 0.248 e. The van der Waals surface area contributed by atoms with Crippen molar-refractivity contribution in [1.82, 2.24) is 9.97 Å². The van der Waals surface area contributed by atoms with Crippen LogP contribution in [0.4, 0.5) is 17.2 Å². The fourth-order valence-corrected chi connectivity index (χ4v) is 3.75. The van der Waals surface area contributed by atoms with Crippen LogP contribution in [0.3, 0.4) is 0 Å². The number of aromatic nitrogens is 2.